The summed E-state index contributed by atoms with van der Waals surface area (Å²) in [5.74, 6) is -2.63. The summed E-state index contributed by atoms with van der Waals surface area (Å²) in [5, 5.41) is 30.0. The smallest absolute Gasteiger partial charge is 0.332 e. The predicted octanol–water partition coefficient (Wildman–Crippen LogP) is 2.74. The third kappa shape index (κ3) is 1.62. The van der Waals surface area contributed by atoms with Crippen LogP contribution in [0.2, 0.25) is 0 Å². The van der Waals surface area contributed by atoms with Crippen LogP contribution in [0.15, 0.2) is 30.3 Å². The van der Waals surface area contributed by atoms with Crippen molar-refractivity contribution in [1.82, 2.24) is 0 Å². The third-order valence-electron chi connectivity index (χ3n) is 5.87. The number of nitrogens with zero attached hydrogens (tertiary/aromatic N) is 3. The van der Waals surface area contributed by atoms with Crippen molar-refractivity contribution in [2.45, 2.75) is 37.6 Å². The van der Waals surface area contributed by atoms with Gasteiger partial charge in [0.15, 0.2) is 5.41 Å². The van der Waals surface area contributed by atoms with Gasteiger partial charge in [0.05, 0.1) is 24.1 Å². The molecule has 4 atom stereocenters. The lowest BCUT2D eigenvalue weighted by atomic mass is 9.51. The lowest BCUT2D eigenvalue weighted by molar-refractivity contribution is -0.297. The molecule has 0 radical (unpaired) electrons. The molecule has 3 aliphatic rings. The average Bonchev–Trinajstić information content (AvgIpc) is 2.87. The van der Waals surface area contributed by atoms with Crippen LogP contribution in [0.5, 0.6) is 0 Å². The number of esters is 1. The summed E-state index contributed by atoms with van der Waals surface area (Å²) in [6, 6.07) is 14.8. The van der Waals surface area contributed by atoms with Gasteiger partial charge in [-0.2, -0.15) is 15.8 Å². The summed E-state index contributed by atoms with van der Waals surface area (Å²) in [4.78, 5) is 12.9. The molecular weight excluding hydrogens is 318 g/mol. The van der Waals surface area contributed by atoms with Gasteiger partial charge in [0.2, 0.25) is 11.2 Å². The van der Waals surface area contributed by atoms with Gasteiger partial charge in [-0.25, -0.2) is 0 Å². The Kier molecular flexibility index (Phi) is 3.16. The number of carbonyl (C=O) groups excluding carboxylic acids is 1. The van der Waals surface area contributed by atoms with E-state index in [0.29, 0.717) is 18.4 Å². The Morgan fingerprint density at radius 2 is 1.76 bits per heavy atom. The van der Waals surface area contributed by atoms with Crippen LogP contribution >= 0.6 is 0 Å². The number of rotatable bonds is 1. The lowest BCUT2D eigenvalue weighted by Crippen LogP contribution is -2.60. The fourth-order valence-electron chi connectivity index (χ4n) is 4.73. The normalized spacial score (nSPS) is 37.7. The summed E-state index contributed by atoms with van der Waals surface area (Å²) in [5.41, 5.74) is -3.20. The van der Waals surface area contributed by atoms with Gasteiger partial charge in [0.25, 0.3) is 0 Å². The molecule has 1 aromatic rings. The Labute approximate surface area is 145 Å². The van der Waals surface area contributed by atoms with Crippen LogP contribution in [-0.4, -0.2) is 11.8 Å². The highest BCUT2D eigenvalue weighted by Gasteiger charge is 2.81. The molecule has 2 aliphatic heterocycles. The zero-order valence-corrected chi connectivity index (χ0v) is 13.4. The Balaban J connectivity index is 2.01. The van der Waals surface area contributed by atoms with E-state index < -0.39 is 34.6 Å². The zero-order valence-electron chi connectivity index (χ0n) is 13.4. The molecule has 2 heterocycles. The van der Waals surface area contributed by atoms with Crippen molar-refractivity contribution in [3.63, 3.8) is 0 Å². The number of carbonyl (C=O) groups is 1. The molecule has 4 unspecified atom stereocenters. The minimum Gasteiger partial charge on any atom is -0.431 e. The van der Waals surface area contributed by atoms with E-state index in [9.17, 15) is 20.6 Å². The first kappa shape index (κ1) is 15.6. The quantitative estimate of drug-likeness (QED) is 0.731. The molecule has 2 bridgehead atoms. The molecule has 6 heteroatoms. The fraction of sp³-hybridized carbons (Fsp3) is 0.474. The maximum Gasteiger partial charge on any atom is 0.332 e. The maximum absolute atomic E-state index is 12.9. The van der Waals surface area contributed by atoms with E-state index in [1.807, 2.05) is 24.3 Å². The second kappa shape index (κ2) is 5.06. The summed E-state index contributed by atoms with van der Waals surface area (Å²) < 4.78 is 11.8. The standard InChI is InChI=1S/C19H15N3O3/c20-10-17(11-21)15(13-6-2-1-3-7-13)24-19-9-5-4-8-14(19)18(17,12-22)16(23)25-19/h1-3,6-7,14-15H,4-5,8-9H2. The van der Waals surface area contributed by atoms with Gasteiger partial charge in [0.1, 0.15) is 6.10 Å². The van der Waals surface area contributed by atoms with Crippen LogP contribution in [0, 0.1) is 50.7 Å². The van der Waals surface area contributed by atoms with Crippen LogP contribution in [0.3, 0.4) is 0 Å². The van der Waals surface area contributed by atoms with Gasteiger partial charge >= 0.3 is 5.97 Å². The van der Waals surface area contributed by atoms with Crippen molar-refractivity contribution >= 4 is 5.97 Å². The first-order valence-corrected chi connectivity index (χ1v) is 8.30. The van der Waals surface area contributed by atoms with Gasteiger partial charge in [-0.05, 0) is 18.4 Å². The molecule has 1 saturated carbocycles. The van der Waals surface area contributed by atoms with Crippen LogP contribution in [0.4, 0.5) is 0 Å². The molecule has 124 valence electrons. The molecule has 6 nitrogen and oxygen atoms in total. The van der Waals surface area contributed by atoms with Gasteiger partial charge in [-0.3, -0.25) is 4.79 Å². The van der Waals surface area contributed by atoms with E-state index in [1.54, 1.807) is 24.3 Å². The van der Waals surface area contributed by atoms with Crippen LogP contribution in [-0.2, 0) is 14.3 Å². The van der Waals surface area contributed by atoms with Gasteiger partial charge in [-0.15, -0.1) is 0 Å². The van der Waals surface area contributed by atoms with Crippen molar-refractivity contribution in [2.75, 3.05) is 0 Å². The molecule has 0 spiro atoms. The Bertz CT molecular complexity index is 849. The second-order valence-corrected chi connectivity index (χ2v) is 6.86. The number of ether oxygens (including phenoxy) is 2. The van der Waals surface area contributed by atoms with Gasteiger partial charge in [-0.1, -0.05) is 36.8 Å². The SMILES string of the molecule is N#CC1(C#N)C(c2ccccc2)OC23CCCCC2C1(C#N)C(=O)O3. The van der Waals surface area contributed by atoms with Crippen molar-refractivity contribution in [3.05, 3.63) is 35.9 Å². The highest BCUT2D eigenvalue weighted by molar-refractivity contribution is 5.87. The number of hydrogen-bond donors (Lipinski definition) is 0. The molecule has 0 N–H and O–H groups in total. The van der Waals surface area contributed by atoms with Crippen molar-refractivity contribution < 1.29 is 14.3 Å². The summed E-state index contributed by atoms with van der Waals surface area (Å²) in [7, 11) is 0. The minimum atomic E-state index is -1.96. The van der Waals surface area contributed by atoms with Gasteiger partial charge < -0.3 is 9.47 Å². The lowest BCUT2D eigenvalue weighted by Gasteiger charge is -2.51. The van der Waals surface area contributed by atoms with Crippen molar-refractivity contribution in [1.29, 1.82) is 15.8 Å². The van der Waals surface area contributed by atoms with E-state index in [1.165, 1.54) is 0 Å². The topological polar surface area (TPSA) is 107 Å². The predicted molar refractivity (Wildman–Crippen MR) is 82.8 cm³/mol. The van der Waals surface area contributed by atoms with E-state index >= 15 is 0 Å². The Morgan fingerprint density at radius 3 is 2.40 bits per heavy atom. The molecule has 25 heavy (non-hydrogen) atoms. The molecule has 0 aromatic heterocycles. The largest absolute Gasteiger partial charge is 0.431 e. The second-order valence-electron chi connectivity index (χ2n) is 6.86. The molecule has 0 amide bonds. The van der Waals surface area contributed by atoms with E-state index in [2.05, 4.69) is 0 Å². The molecule has 1 aromatic carbocycles. The molecule has 1 aliphatic carbocycles. The summed E-state index contributed by atoms with van der Waals surface area (Å²) >= 11 is 0. The monoisotopic (exact) mass is 333 g/mol. The molecule has 4 rings (SSSR count). The average molecular weight is 333 g/mol. The molecule has 2 saturated heterocycles. The molecular formula is C19H15N3O3. The Hall–Kier alpha value is -2.88. The molecule has 3 fully saturated rings. The van der Waals surface area contributed by atoms with Crippen LogP contribution < -0.4 is 0 Å². The number of nitriles is 3. The minimum absolute atomic E-state index is 0.475. The van der Waals surface area contributed by atoms with E-state index in [-0.39, 0.29) is 0 Å². The third-order valence-corrected chi connectivity index (χ3v) is 5.87. The Morgan fingerprint density at radius 1 is 1.04 bits per heavy atom. The fourth-order valence-corrected chi connectivity index (χ4v) is 4.73. The summed E-state index contributed by atoms with van der Waals surface area (Å²) in [6.07, 6.45) is 1.58. The van der Waals surface area contributed by atoms with Crippen molar-refractivity contribution in [2.24, 2.45) is 16.7 Å². The zero-order chi connectivity index (χ0) is 17.7. The van der Waals surface area contributed by atoms with Gasteiger partial charge in [0, 0.05) is 6.42 Å². The highest BCUT2D eigenvalue weighted by atomic mass is 16.7. The number of benzene rings is 1. The summed E-state index contributed by atoms with van der Waals surface area (Å²) in [6.45, 7) is 0. The van der Waals surface area contributed by atoms with Crippen LogP contribution in [0.25, 0.3) is 0 Å². The van der Waals surface area contributed by atoms with E-state index in [0.717, 1.165) is 12.8 Å². The van der Waals surface area contributed by atoms with Crippen LogP contribution in [0.1, 0.15) is 37.4 Å². The number of hydrogen-bond acceptors (Lipinski definition) is 6. The maximum atomic E-state index is 12.9. The first-order chi connectivity index (χ1) is 12.1. The highest BCUT2D eigenvalue weighted by Crippen LogP contribution is 2.69. The first-order valence-electron chi connectivity index (χ1n) is 8.30. The van der Waals surface area contributed by atoms with E-state index in [4.69, 9.17) is 9.47 Å². The van der Waals surface area contributed by atoms with Crippen molar-refractivity contribution in [3.8, 4) is 18.2 Å².